The van der Waals surface area contributed by atoms with Gasteiger partial charge in [-0.2, -0.15) is 0 Å². The van der Waals surface area contributed by atoms with Gasteiger partial charge in [0.05, 0.1) is 0 Å². The summed E-state index contributed by atoms with van der Waals surface area (Å²) in [4.78, 5) is 29.4. The zero-order valence-electron chi connectivity index (χ0n) is 49.7. The molecule has 0 amide bonds. The number of anilines is 1. The molecule has 8 heteroatoms. The number of hydrogen-bond acceptors (Lipinski definition) is 8. The molecular formula is C84H54N6O2. The topological polar surface area (TPSA) is 92.9 Å². The molecule has 16 aromatic rings. The van der Waals surface area contributed by atoms with Gasteiger partial charge in [0.25, 0.3) is 0 Å². The van der Waals surface area contributed by atoms with E-state index in [1.54, 1.807) is 0 Å². The van der Waals surface area contributed by atoms with Crippen molar-refractivity contribution in [3.63, 3.8) is 0 Å². The second kappa shape index (κ2) is 23.0. The number of nitrogens with zero attached hydrogens (tertiary/aromatic N) is 6. The van der Waals surface area contributed by atoms with Crippen molar-refractivity contribution < 1.29 is 8.83 Å². The summed E-state index contributed by atoms with van der Waals surface area (Å²) >= 11 is 0. The molecule has 1 unspecified atom stereocenters. The second-order valence-corrected chi connectivity index (χ2v) is 23.0. The van der Waals surface area contributed by atoms with E-state index in [4.69, 9.17) is 33.8 Å². The molecule has 0 fully saturated rings. The van der Waals surface area contributed by atoms with Crippen molar-refractivity contribution in [3.05, 3.63) is 338 Å². The van der Waals surface area contributed by atoms with E-state index in [0.29, 0.717) is 28.9 Å². The summed E-state index contributed by atoms with van der Waals surface area (Å²) in [6.45, 7) is 0. The summed E-state index contributed by atoms with van der Waals surface area (Å²) in [5, 5.41) is 3.69. The van der Waals surface area contributed by atoms with Crippen LogP contribution in [0.4, 0.5) is 5.69 Å². The highest BCUT2D eigenvalue weighted by Crippen LogP contribution is 2.47. The Labute approximate surface area is 531 Å². The zero-order chi connectivity index (χ0) is 60.9. The Kier molecular flexibility index (Phi) is 13.4. The molecule has 1 atom stereocenters. The Morgan fingerprint density at radius 3 is 1.33 bits per heavy atom. The van der Waals surface area contributed by atoms with Gasteiger partial charge in [0.2, 0.25) is 0 Å². The third-order valence-corrected chi connectivity index (χ3v) is 17.4. The van der Waals surface area contributed by atoms with Crippen LogP contribution in [-0.4, -0.2) is 26.6 Å². The molecule has 8 nitrogen and oxygen atoms in total. The summed E-state index contributed by atoms with van der Waals surface area (Å²) in [5.74, 6) is 2.99. The fraction of sp³-hybridized carbons (Fsp3) is 0.0119. The number of amidine groups is 2. The third-order valence-electron chi connectivity index (χ3n) is 17.4. The number of rotatable bonds is 12. The van der Waals surface area contributed by atoms with Crippen LogP contribution in [0.15, 0.2) is 340 Å². The van der Waals surface area contributed by atoms with Gasteiger partial charge >= 0.3 is 0 Å². The van der Waals surface area contributed by atoms with E-state index in [9.17, 15) is 0 Å². The van der Waals surface area contributed by atoms with Crippen LogP contribution >= 0.6 is 0 Å². The Morgan fingerprint density at radius 2 is 0.728 bits per heavy atom. The van der Waals surface area contributed by atoms with Gasteiger partial charge in [0, 0.05) is 60.6 Å². The van der Waals surface area contributed by atoms with Crippen molar-refractivity contribution in [1.29, 1.82) is 0 Å². The first kappa shape index (κ1) is 53.8. The third kappa shape index (κ3) is 9.80. The lowest BCUT2D eigenvalue weighted by Crippen LogP contribution is -2.39. The number of benzene rings is 13. The molecule has 4 heterocycles. The molecule has 0 saturated heterocycles. The largest absolute Gasteiger partial charge is 0.456 e. The molecule has 0 spiro atoms. The Balaban J connectivity index is 0.852. The average Bonchev–Trinajstić information content (AvgIpc) is 1.51. The minimum Gasteiger partial charge on any atom is -0.456 e. The van der Waals surface area contributed by atoms with Gasteiger partial charge in [0.15, 0.2) is 29.5 Å². The molecule has 0 N–H and O–H groups in total. The fourth-order valence-electron chi connectivity index (χ4n) is 13.0. The molecule has 0 saturated carbocycles. The summed E-state index contributed by atoms with van der Waals surface area (Å²) in [5.41, 5.74) is 20.3. The zero-order valence-corrected chi connectivity index (χ0v) is 49.7. The van der Waals surface area contributed by atoms with Gasteiger partial charge in [-0.05, 0) is 98.1 Å². The first-order valence-corrected chi connectivity index (χ1v) is 30.9. The highest BCUT2D eigenvalue weighted by atomic mass is 16.3. The van der Waals surface area contributed by atoms with E-state index in [1.165, 1.54) is 11.1 Å². The van der Waals surface area contributed by atoms with Gasteiger partial charge in [-0.1, -0.05) is 279 Å². The minimum atomic E-state index is -0.632. The SMILES string of the molecule is c1ccc(C2=NC(c3cccc4oc5ccc(-c6ccc(-c7ccc(-c8ccccc8)cc7)cc6)c(-c6ccccc6)c5c34)=NC(c3cccc(-c4ccccc4)c3)N2c2ccc3oc4cccc(-c5nc(-c6ccccc6)nc(-c6ccccc6)n5)c4c3c2)cc1. The van der Waals surface area contributed by atoms with E-state index in [1.807, 2.05) is 78.9 Å². The van der Waals surface area contributed by atoms with E-state index in [-0.39, 0.29) is 0 Å². The molecule has 3 aromatic heterocycles. The van der Waals surface area contributed by atoms with Crippen molar-refractivity contribution >= 4 is 61.2 Å². The van der Waals surface area contributed by atoms with Crippen molar-refractivity contribution in [2.45, 2.75) is 6.17 Å². The lowest BCUT2D eigenvalue weighted by molar-refractivity contribution is 0.668. The van der Waals surface area contributed by atoms with Crippen LogP contribution in [0.5, 0.6) is 0 Å². The fourth-order valence-corrected chi connectivity index (χ4v) is 13.0. The van der Waals surface area contributed by atoms with Gasteiger partial charge in [-0.15, -0.1) is 0 Å². The van der Waals surface area contributed by atoms with Crippen LogP contribution in [0.3, 0.4) is 0 Å². The van der Waals surface area contributed by atoms with Crippen LogP contribution in [-0.2, 0) is 0 Å². The van der Waals surface area contributed by atoms with Crippen LogP contribution < -0.4 is 4.90 Å². The quantitative estimate of drug-likeness (QED) is 0.121. The number of furan rings is 2. The summed E-state index contributed by atoms with van der Waals surface area (Å²) in [7, 11) is 0. The monoisotopic (exact) mass is 1180 g/mol. The first-order valence-electron chi connectivity index (χ1n) is 30.9. The molecule has 0 bridgehead atoms. The number of aromatic nitrogens is 3. The van der Waals surface area contributed by atoms with E-state index < -0.39 is 6.17 Å². The van der Waals surface area contributed by atoms with Gasteiger partial charge in [-0.25, -0.2) is 24.9 Å². The Bertz CT molecular complexity index is 5420. The number of aliphatic imine (C=N–C) groups is 2. The number of fused-ring (bicyclic) bond motifs is 6. The molecular weight excluding hydrogens is 1120 g/mol. The molecule has 1 aliphatic rings. The van der Waals surface area contributed by atoms with Crippen molar-refractivity contribution in [2.75, 3.05) is 4.90 Å². The highest BCUT2D eigenvalue weighted by molar-refractivity contribution is 6.27. The maximum absolute atomic E-state index is 6.97. The maximum atomic E-state index is 6.97. The lowest BCUT2D eigenvalue weighted by atomic mass is 9.89. The first-order chi connectivity index (χ1) is 45.6. The Morgan fingerprint density at radius 1 is 0.283 bits per heavy atom. The highest BCUT2D eigenvalue weighted by Gasteiger charge is 2.34. The minimum absolute atomic E-state index is 0.535. The van der Waals surface area contributed by atoms with E-state index in [0.717, 1.165) is 128 Å². The second-order valence-electron chi connectivity index (χ2n) is 23.0. The molecule has 0 aliphatic carbocycles. The normalized spacial score (nSPS) is 13.2. The van der Waals surface area contributed by atoms with Gasteiger partial charge in [-0.3, -0.25) is 4.90 Å². The standard InChI is InChI=1S/C84H54N6O2/c1-7-22-54(23-8-1)56-40-42-57(43-41-56)58-44-46-59(47-45-58)67-49-51-74-78(75(67)60-26-11-3-12-27-60)77-69(37-21-39-73(77)92-74)82-88-83(63-32-17-6-18-33-63)90(84(89-82)65-35-19-34-64(52-65)55-24-9-2-10-25-55)66-48-50-71-70(53-66)76-68(36-20-38-72(76)91-71)81-86-79(61-28-13-4-14-29-61)85-80(87-81)62-30-15-5-16-31-62/h1-53,84H. The summed E-state index contributed by atoms with van der Waals surface area (Å²) in [6, 6.07) is 112. The van der Waals surface area contributed by atoms with Gasteiger partial charge < -0.3 is 8.83 Å². The average molecular weight is 1180 g/mol. The summed E-state index contributed by atoms with van der Waals surface area (Å²) in [6.07, 6.45) is -0.632. The van der Waals surface area contributed by atoms with Crippen molar-refractivity contribution in [3.8, 4) is 89.8 Å². The molecule has 1 aliphatic heterocycles. The summed E-state index contributed by atoms with van der Waals surface area (Å²) < 4.78 is 13.7. The maximum Gasteiger partial charge on any atom is 0.164 e. The smallest absolute Gasteiger partial charge is 0.164 e. The Hall–Kier alpha value is -12.4. The lowest BCUT2D eigenvalue weighted by Gasteiger charge is -2.36. The van der Waals surface area contributed by atoms with E-state index >= 15 is 0 Å². The number of hydrogen-bond donors (Lipinski definition) is 0. The molecule has 432 valence electrons. The van der Waals surface area contributed by atoms with Crippen molar-refractivity contribution in [1.82, 2.24) is 15.0 Å². The van der Waals surface area contributed by atoms with Crippen molar-refractivity contribution in [2.24, 2.45) is 9.98 Å². The predicted octanol–water partition coefficient (Wildman–Crippen LogP) is 21.4. The van der Waals surface area contributed by atoms with E-state index in [2.05, 4.69) is 248 Å². The molecule has 17 rings (SSSR count). The van der Waals surface area contributed by atoms with Crippen LogP contribution in [0.2, 0.25) is 0 Å². The molecule has 92 heavy (non-hydrogen) atoms. The molecule has 13 aromatic carbocycles. The van der Waals surface area contributed by atoms with Crippen LogP contribution in [0.25, 0.3) is 134 Å². The molecule has 0 radical (unpaired) electrons. The van der Waals surface area contributed by atoms with Crippen LogP contribution in [0.1, 0.15) is 22.9 Å². The van der Waals surface area contributed by atoms with Gasteiger partial charge in [0.1, 0.15) is 28.2 Å². The van der Waals surface area contributed by atoms with Crippen LogP contribution in [0, 0.1) is 0 Å². The predicted molar refractivity (Wildman–Crippen MR) is 375 cm³/mol.